The topological polar surface area (TPSA) is 3.88 Å². The van der Waals surface area contributed by atoms with E-state index >= 15 is 0 Å². The molecular weight excluding hydrogens is 350 g/mol. The van der Waals surface area contributed by atoms with Gasteiger partial charge in [-0.1, -0.05) is 49.9 Å². The second kappa shape index (κ2) is 7.59. The molecule has 0 N–H and O–H groups in total. The van der Waals surface area contributed by atoms with Crippen molar-refractivity contribution in [3.63, 3.8) is 0 Å². The predicted molar refractivity (Wildman–Crippen MR) is 122 cm³/mol. The van der Waals surface area contributed by atoms with Crippen molar-refractivity contribution < 1.29 is 5.94 Å². The van der Waals surface area contributed by atoms with Crippen molar-refractivity contribution in [2.75, 3.05) is 0 Å². The standard InChI is InChI=1S/C28H34N/c1-19-12-13-24(22-10-6-7-11-22)18-27(19)28-26-15-14-23(21-8-4-5-9-21)17-25(26)16-20(2)29(28)3/h12-18,21-22H,4-11H2,1-3H3/q+1/i16D. The third kappa shape index (κ3) is 3.39. The first-order chi connectivity index (χ1) is 14.5. The number of rotatable bonds is 3. The summed E-state index contributed by atoms with van der Waals surface area (Å²) in [5, 5.41) is 2.34. The molecule has 0 amide bonds. The molecule has 0 unspecified atom stereocenters. The molecule has 5 rings (SSSR count). The Balaban J connectivity index is 1.71. The van der Waals surface area contributed by atoms with Crippen LogP contribution in [0, 0.1) is 13.8 Å². The first-order valence-corrected chi connectivity index (χ1v) is 11.6. The van der Waals surface area contributed by atoms with E-state index in [1.165, 1.54) is 84.7 Å². The zero-order valence-corrected chi connectivity index (χ0v) is 18.2. The Morgan fingerprint density at radius 1 is 0.828 bits per heavy atom. The van der Waals surface area contributed by atoms with Gasteiger partial charge in [0, 0.05) is 18.5 Å². The molecule has 1 aromatic heterocycles. The molecule has 0 atom stereocenters. The summed E-state index contributed by atoms with van der Waals surface area (Å²) in [6.07, 6.45) is 10.7. The van der Waals surface area contributed by atoms with Gasteiger partial charge in [0.05, 0.1) is 6.76 Å². The summed E-state index contributed by atoms with van der Waals surface area (Å²) in [6, 6.07) is 14.8. The first kappa shape index (κ1) is 17.7. The van der Waals surface area contributed by atoms with Crippen LogP contribution in [0.4, 0.5) is 0 Å². The van der Waals surface area contributed by atoms with E-state index in [1.807, 2.05) is 0 Å². The fourth-order valence-electron chi connectivity index (χ4n) is 5.75. The van der Waals surface area contributed by atoms with Crippen LogP contribution in [-0.4, -0.2) is 0 Å². The molecule has 2 aliphatic rings. The molecule has 150 valence electrons. The molecule has 0 aliphatic heterocycles. The lowest BCUT2D eigenvalue weighted by Crippen LogP contribution is -2.35. The fourth-order valence-corrected chi connectivity index (χ4v) is 5.75. The van der Waals surface area contributed by atoms with Gasteiger partial charge in [-0.2, -0.15) is 4.57 Å². The highest BCUT2D eigenvalue weighted by atomic mass is 14.9. The van der Waals surface area contributed by atoms with Crippen molar-refractivity contribution in [3.05, 3.63) is 64.8 Å². The Bertz CT molecular complexity index is 1100. The minimum Gasteiger partial charge on any atom is -0.198 e. The van der Waals surface area contributed by atoms with Gasteiger partial charge >= 0.3 is 0 Å². The maximum absolute atomic E-state index is 8.87. The van der Waals surface area contributed by atoms with Gasteiger partial charge in [-0.25, -0.2) is 0 Å². The van der Waals surface area contributed by atoms with Crippen LogP contribution in [0.15, 0.2) is 42.4 Å². The summed E-state index contributed by atoms with van der Waals surface area (Å²) >= 11 is 0. The van der Waals surface area contributed by atoms with E-state index in [1.54, 1.807) is 0 Å². The SMILES string of the molecule is [2H]c1c(C)[n+](C)c(-c2cc(C3CCCC3)ccc2C)c2ccc(C3CCCC3)cc12. The molecule has 2 aromatic carbocycles. The molecule has 1 nitrogen and oxygen atoms in total. The second-order valence-electron chi connectivity index (χ2n) is 9.46. The summed E-state index contributed by atoms with van der Waals surface area (Å²) in [4.78, 5) is 0. The third-order valence-electron chi connectivity index (χ3n) is 7.62. The van der Waals surface area contributed by atoms with Gasteiger partial charge < -0.3 is 0 Å². The molecule has 0 radical (unpaired) electrons. The number of aromatic nitrogens is 1. The second-order valence-corrected chi connectivity index (χ2v) is 9.46. The van der Waals surface area contributed by atoms with Crippen LogP contribution < -0.4 is 4.57 Å². The van der Waals surface area contributed by atoms with Crippen molar-refractivity contribution in [1.29, 1.82) is 0 Å². The van der Waals surface area contributed by atoms with E-state index in [-0.39, 0.29) is 0 Å². The van der Waals surface area contributed by atoms with Crippen LogP contribution in [0.25, 0.3) is 22.0 Å². The van der Waals surface area contributed by atoms with E-state index in [2.05, 4.69) is 61.9 Å². The number of aryl methyl sites for hydroxylation is 1. The van der Waals surface area contributed by atoms with Gasteiger partial charge in [0.1, 0.15) is 7.05 Å². The van der Waals surface area contributed by atoms with Gasteiger partial charge in [-0.15, -0.1) is 0 Å². The lowest BCUT2D eigenvalue weighted by atomic mass is 9.90. The van der Waals surface area contributed by atoms with Crippen LogP contribution >= 0.6 is 0 Å². The fraction of sp³-hybridized carbons (Fsp3) is 0.464. The Labute approximate surface area is 177 Å². The van der Waals surface area contributed by atoms with Gasteiger partial charge in [0.25, 0.3) is 0 Å². The summed E-state index contributed by atoms with van der Waals surface area (Å²) < 4.78 is 11.1. The number of benzene rings is 2. The van der Waals surface area contributed by atoms with Gasteiger partial charge in [-0.05, 0) is 78.7 Å². The smallest absolute Gasteiger partial charge is 0.198 e. The lowest BCUT2D eigenvalue weighted by Gasteiger charge is -2.16. The quantitative estimate of drug-likeness (QED) is 0.418. The number of pyridine rings is 1. The molecule has 2 aliphatic carbocycles. The Hall–Kier alpha value is -2.15. The summed E-state index contributed by atoms with van der Waals surface area (Å²) in [6.45, 7) is 4.33. The number of fused-ring (bicyclic) bond motifs is 1. The summed E-state index contributed by atoms with van der Waals surface area (Å²) in [5.41, 5.74) is 7.91. The maximum Gasteiger partial charge on any atom is 0.220 e. The average Bonchev–Trinajstić information content (AvgIpc) is 3.48. The van der Waals surface area contributed by atoms with Crippen molar-refractivity contribution >= 4 is 10.8 Å². The molecular formula is C28H34N+. The third-order valence-corrected chi connectivity index (χ3v) is 7.62. The zero-order valence-electron chi connectivity index (χ0n) is 19.2. The van der Waals surface area contributed by atoms with Crippen LogP contribution in [0.1, 0.15) is 87.0 Å². The molecule has 1 heterocycles. The van der Waals surface area contributed by atoms with Crippen LogP contribution in [-0.2, 0) is 7.05 Å². The average molecular weight is 386 g/mol. The normalized spacial score (nSPS) is 18.7. The highest BCUT2D eigenvalue weighted by molar-refractivity contribution is 5.94. The predicted octanol–water partition coefficient (Wildman–Crippen LogP) is 7.26. The summed E-state index contributed by atoms with van der Waals surface area (Å²) in [7, 11) is 2.13. The summed E-state index contributed by atoms with van der Waals surface area (Å²) in [5.74, 6) is 1.39. The molecule has 3 aromatic rings. The Morgan fingerprint density at radius 2 is 1.41 bits per heavy atom. The zero-order chi connectivity index (χ0) is 20.8. The van der Waals surface area contributed by atoms with Crippen molar-refractivity contribution in [1.82, 2.24) is 0 Å². The van der Waals surface area contributed by atoms with E-state index < -0.39 is 0 Å². The number of nitrogens with zero attached hydrogens (tertiary/aromatic N) is 1. The molecule has 29 heavy (non-hydrogen) atoms. The molecule has 2 fully saturated rings. The number of hydrogen-bond donors (Lipinski definition) is 0. The van der Waals surface area contributed by atoms with Crippen molar-refractivity contribution in [3.8, 4) is 11.3 Å². The van der Waals surface area contributed by atoms with Crippen LogP contribution in [0.3, 0.4) is 0 Å². The monoisotopic (exact) mass is 385 g/mol. The van der Waals surface area contributed by atoms with E-state index in [4.69, 9.17) is 1.37 Å². The van der Waals surface area contributed by atoms with Gasteiger partial charge in [-0.3, -0.25) is 0 Å². The number of hydrogen-bond acceptors (Lipinski definition) is 0. The van der Waals surface area contributed by atoms with Crippen molar-refractivity contribution in [2.45, 2.75) is 77.0 Å². The molecule has 2 saturated carbocycles. The Morgan fingerprint density at radius 3 is 2.07 bits per heavy atom. The van der Waals surface area contributed by atoms with Gasteiger partial charge in [0.15, 0.2) is 5.69 Å². The van der Waals surface area contributed by atoms with E-state index in [9.17, 15) is 0 Å². The molecule has 0 saturated heterocycles. The highest BCUT2D eigenvalue weighted by Gasteiger charge is 2.24. The molecule has 0 spiro atoms. The van der Waals surface area contributed by atoms with Crippen molar-refractivity contribution in [2.24, 2.45) is 7.05 Å². The van der Waals surface area contributed by atoms with E-state index in [0.717, 1.165) is 11.1 Å². The van der Waals surface area contributed by atoms with E-state index in [0.29, 0.717) is 17.9 Å². The maximum atomic E-state index is 8.87. The van der Waals surface area contributed by atoms with Gasteiger partial charge in [0.2, 0.25) is 5.69 Å². The molecule has 1 heteroatoms. The lowest BCUT2D eigenvalue weighted by molar-refractivity contribution is -0.665. The first-order valence-electron chi connectivity index (χ1n) is 12.1. The largest absolute Gasteiger partial charge is 0.220 e. The highest BCUT2D eigenvalue weighted by Crippen LogP contribution is 2.39. The molecule has 0 bridgehead atoms. The van der Waals surface area contributed by atoms with Crippen LogP contribution in [0.2, 0.25) is 0 Å². The minimum absolute atomic E-state index is 0.680. The Kier molecular flexibility index (Phi) is 4.63. The minimum atomic E-state index is 0.680. The van der Waals surface area contributed by atoms with Crippen LogP contribution in [0.5, 0.6) is 0 Å².